The van der Waals surface area contributed by atoms with Crippen LogP contribution in [0.1, 0.15) is 77.2 Å². The van der Waals surface area contributed by atoms with Gasteiger partial charge in [0, 0.05) is 22.7 Å². The van der Waals surface area contributed by atoms with Crippen molar-refractivity contribution in [2.24, 2.45) is 5.41 Å². The van der Waals surface area contributed by atoms with E-state index >= 15 is 0 Å². The van der Waals surface area contributed by atoms with Crippen LogP contribution in [0.5, 0.6) is 5.75 Å². The van der Waals surface area contributed by atoms with Gasteiger partial charge in [0.15, 0.2) is 5.79 Å². The number of cyclic esters (lactones) is 1. The first-order valence-electron chi connectivity index (χ1n) is 13.0. The van der Waals surface area contributed by atoms with Crippen LogP contribution in [0.15, 0.2) is 21.1 Å². The normalized spacial score (nSPS) is 32.0. The summed E-state index contributed by atoms with van der Waals surface area (Å²) in [6, 6.07) is 3.62. The summed E-state index contributed by atoms with van der Waals surface area (Å²) < 4.78 is 26.0. The minimum Gasteiger partial charge on any atom is -0.507 e. The van der Waals surface area contributed by atoms with Crippen LogP contribution in [-0.2, 0) is 35.0 Å². The van der Waals surface area contributed by atoms with E-state index in [1.165, 1.54) is 0 Å². The summed E-state index contributed by atoms with van der Waals surface area (Å²) in [6.45, 7) is 3.77. The number of esters is 2. The Balaban J connectivity index is 1.47. The molecule has 5 atom stereocenters. The Labute approximate surface area is 234 Å². The average Bonchev–Trinajstić information content (AvgIpc) is 2.81. The van der Waals surface area contributed by atoms with Crippen molar-refractivity contribution < 1.29 is 38.7 Å². The number of hydrogen-bond acceptors (Lipinski definition) is 8. The lowest BCUT2D eigenvalue weighted by atomic mass is 9.71. The molecule has 0 amide bonds. The lowest BCUT2D eigenvalue weighted by molar-refractivity contribution is -0.373. The predicted octanol–water partition coefficient (Wildman–Crippen LogP) is 5.32. The second-order valence-corrected chi connectivity index (χ2v) is 12.8. The smallest absolute Gasteiger partial charge is 0.309 e. The third kappa shape index (κ3) is 6.87. The number of rotatable bonds is 6. The lowest BCUT2D eigenvalue weighted by Crippen LogP contribution is -2.61. The van der Waals surface area contributed by atoms with Crippen LogP contribution in [0.3, 0.4) is 0 Å². The molecule has 3 fully saturated rings. The molecule has 1 spiro atoms. The molecule has 0 radical (unpaired) electrons. The maximum Gasteiger partial charge on any atom is 0.309 e. The van der Waals surface area contributed by atoms with Gasteiger partial charge in [-0.05, 0) is 65.7 Å². The highest BCUT2D eigenvalue weighted by molar-refractivity contribution is 9.11. The first-order valence-corrected chi connectivity index (χ1v) is 14.6. The molecule has 10 heteroatoms. The summed E-state index contributed by atoms with van der Waals surface area (Å²) in [4.78, 5) is 25.2. The number of fused-ring (bicyclic) bond motifs is 2. The first-order chi connectivity index (χ1) is 17.5. The fourth-order valence-corrected chi connectivity index (χ4v) is 6.80. The summed E-state index contributed by atoms with van der Waals surface area (Å²) in [7, 11) is 0. The Morgan fingerprint density at radius 3 is 2.49 bits per heavy atom. The first kappa shape index (κ1) is 28.8. The maximum absolute atomic E-state index is 12.7. The molecule has 0 aliphatic carbocycles. The molecule has 4 rings (SSSR count). The Bertz CT molecular complexity index is 995. The van der Waals surface area contributed by atoms with E-state index in [0.29, 0.717) is 23.7 Å². The maximum atomic E-state index is 12.7. The third-order valence-electron chi connectivity index (χ3n) is 7.79. The van der Waals surface area contributed by atoms with E-state index < -0.39 is 36.5 Å². The number of ether oxygens (including phenoxy) is 4. The van der Waals surface area contributed by atoms with Crippen LogP contribution in [-0.4, -0.2) is 59.0 Å². The number of carbonyl (C=O) groups is 2. The van der Waals surface area contributed by atoms with Gasteiger partial charge in [-0.3, -0.25) is 9.59 Å². The van der Waals surface area contributed by atoms with E-state index in [4.69, 9.17) is 18.9 Å². The number of aliphatic hydroxyl groups is 1. The van der Waals surface area contributed by atoms with Crippen molar-refractivity contribution in [1.82, 2.24) is 0 Å². The molecule has 0 saturated carbocycles. The van der Waals surface area contributed by atoms with Crippen molar-refractivity contribution in [3.63, 3.8) is 0 Å². The molecule has 3 heterocycles. The average molecular weight is 648 g/mol. The zero-order valence-electron chi connectivity index (χ0n) is 21.3. The van der Waals surface area contributed by atoms with Gasteiger partial charge in [0.05, 0.1) is 36.1 Å². The molecule has 3 aliphatic heterocycles. The Kier molecular flexibility index (Phi) is 9.26. The molecule has 3 saturated heterocycles. The van der Waals surface area contributed by atoms with Gasteiger partial charge in [-0.1, -0.05) is 36.2 Å². The molecule has 0 aromatic heterocycles. The van der Waals surface area contributed by atoms with Crippen LogP contribution < -0.4 is 0 Å². The fourth-order valence-electron chi connectivity index (χ4n) is 5.61. The fraction of sp³-hybridized carbons (Fsp3) is 0.704. The summed E-state index contributed by atoms with van der Waals surface area (Å²) >= 11 is 6.90. The summed E-state index contributed by atoms with van der Waals surface area (Å²) in [6.07, 6.45) is 3.82. The summed E-state index contributed by atoms with van der Waals surface area (Å²) in [5, 5.41) is 19.6. The Morgan fingerprint density at radius 1 is 0.973 bits per heavy atom. The van der Waals surface area contributed by atoms with E-state index in [0.717, 1.165) is 42.1 Å². The second kappa shape index (κ2) is 11.9. The quantitative estimate of drug-likeness (QED) is 0.315. The van der Waals surface area contributed by atoms with Gasteiger partial charge < -0.3 is 29.2 Å². The highest BCUT2D eigenvalue weighted by Crippen LogP contribution is 2.52. The van der Waals surface area contributed by atoms with Crippen molar-refractivity contribution in [1.29, 1.82) is 0 Å². The predicted molar refractivity (Wildman–Crippen MR) is 142 cm³/mol. The van der Waals surface area contributed by atoms with Gasteiger partial charge in [0.25, 0.3) is 0 Å². The van der Waals surface area contributed by atoms with Crippen LogP contribution in [0.4, 0.5) is 0 Å². The van der Waals surface area contributed by atoms with E-state index in [1.54, 1.807) is 6.07 Å². The lowest BCUT2D eigenvalue weighted by Gasteiger charge is -2.56. The summed E-state index contributed by atoms with van der Waals surface area (Å²) in [5.41, 5.74) is 0.696. The zero-order chi connectivity index (χ0) is 26.8. The van der Waals surface area contributed by atoms with Gasteiger partial charge >= 0.3 is 11.9 Å². The van der Waals surface area contributed by atoms with Crippen LogP contribution in [0, 0.1) is 5.41 Å². The van der Waals surface area contributed by atoms with Crippen molar-refractivity contribution in [2.45, 2.75) is 108 Å². The molecular weight excluding hydrogens is 612 g/mol. The Hall–Kier alpha value is -1.20. The monoisotopic (exact) mass is 646 g/mol. The van der Waals surface area contributed by atoms with Crippen LogP contribution in [0.2, 0.25) is 0 Å². The van der Waals surface area contributed by atoms with E-state index in [2.05, 4.69) is 45.7 Å². The van der Waals surface area contributed by atoms with Crippen molar-refractivity contribution >= 4 is 43.8 Å². The molecule has 37 heavy (non-hydrogen) atoms. The van der Waals surface area contributed by atoms with Gasteiger partial charge in [-0.2, -0.15) is 0 Å². The number of phenolic OH excluding ortho intramolecular Hbond substituents is 1. The van der Waals surface area contributed by atoms with E-state index in [9.17, 15) is 19.8 Å². The van der Waals surface area contributed by atoms with Gasteiger partial charge in [-0.25, -0.2) is 0 Å². The SMILES string of the molecule is CC1(C)CC[C@@H]2CC(=O)O[C@@H](CO)CC(=O)O[C@@H]3C[C@@H](CCCCc4cc(O)c(Br)cc4Br)O[C@@]1(C3)O2. The molecular formula is C27H36Br2O8. The third-order valence-corrected chi connectivity index (χ3v) is 9.16. The molecule has 1 aromatic rings. The number of benzene rings is 1. The molecule has 0 unspecified atom stereocenters. The molecule has 1 aromatic carbocycles. The van der Waals surface area contributed by atoms with Crippen LogP contribution >= 0.6 is 31.9 Å². The topological polar surface area (TPSA) is 112 Å². The largest absolute Gasteiger partial charge is 0.507 e. The minimum atomic E-state index is -0.972. The number of hydrogen-bond donors (Lipinski definition) is 2. The number of carbonyl (C=O) groups excluding carboxylic acids is 2. The van der Waals surface area contributed by atoms with Crippen LogP contribution in [0.25, 0.3) is 0 Å². The van der Waals surface area contributed by atoms with Gasteiger partial charge in [0.2, 0.25) is 0 Å². The zero-order valence-corrected chi connectivity index (χ0v) is 24.5. The number of aliphatic hydroxyl groups excluding tert-OH is 1. The second-order valence-electron chi connectivity index (χ2n) is 11.1. The van der Waals surface area contributed by atoms with E-state index in [1.807, 2.05) is 6.07 Å². The number of unbranched alkanes of at least 4 members (excludes halogenated alkanes) is 1. The number of aryl methyl sites for hydroxylation is 1. The van der Waals surface area contributed by atoms with E-state index in [-0.39, 0.29) is 36.2 Å². The van der Waals surface area contributed by atoms with Crippen molar-refractivity contribution in [3.8, 4) is 5.75 Å². The minimum absolute atomic E-state index is 0.0526. The van der Waals surface area contributed by atoms with Crippen molar-refractivity contribution in [3.05, 3.63) is 26.6 Å². The Morgan fingerprint density at radius 2 is 1.73 bits per heavy atom. The summed E-state index contributed by atoms with van der Waals surface area (Å²) in [5.74, 6) is -1.76. The number of aromatic hydroxyl groups is 1. The molecule has 2 N–H and O–H groups in total. The molecule has 3 aliphatic rings. The van der Waals surface area contributed by atoms with Gasteiger partial charge in [-0.15, -0.1) is 0 Å². The van der Waals surface area contributed by atoms with Crippen molar-refractivity contribution in [2.75, 3.05) is 6.61 Å². The highest BCUT2D eigenvalue weighted by Gasteiger charge is 2.57. The number of halogens is 2. The number of phenols is 1. The highest BCUT2D eigenvalue weighted by atomic mass is 79.9. The molecule has 206 valence electrons. The standard InChI is InChI=1S/C27H36Br2O8/c1-26(2)8-7-18-11-24(32)35-20(15-30)12-25(33)34-19-10-17(36-27(26,14-19)37-18)6-4-3-5-16-9-23(31)22(29)13-21(16)28/h9,13,17-20,30-31H,3-8,10-12,14-15H2,1-2H3/t17-,18-,19-,20-,27+/m1/s1. The molecule has 3 bridgehead atoms. The van der Waals surface area contributed by atoms with Gasteiger partial charge in [0.1, 0.15) is 18.0 Å². The molecule has 8 nitrogen and oxygen atoms in total.